The molecule has 0 atom stereocenters. The van der Waals surface area contributed by atoms with Crippen molar-refractivity contribution in [3.63, 3.8) is 0 Å². The normalized spacial score (nSPS) is 11.2. The minimum absolute atomic E-state index is 0.0446. The van der Waals surface area contributed by atoms with Crippen molar-refractivity contribution in [2.75, 3.05) is 6.61 Å². The topological polar surface area (TPSA) is 29.5 Å². The lowest BCUT2D eigenvalue weighted by Gasteiger charge is -2.10. The van der Waals surface area contributed by atoms with Crippen molar-refractivity contribution in [2.45, 2.75) is 0 Å². The maximum absolute atomic E-state index is 9.02. The second kappa shape index (κ2) is 5.87. The van der Waals surface area contributed by atoms with E-state index in [1.807, 2.05) is 60.7 Å². The predicted molar refractivity (Wildman–Crippen MR) is 68.6 cm³/mol. The number of para-hydroxylation sites is 1. The van der Waals surface area contributed by atoms with Crippen LogP contribution in [-0.2, 0) is 0 Å². The molecule has 0 fully saturated rings. The summed E-state index contributed by atoms with van der Waals surface area (Å²) in [7, 11) is 0. The van der Waals surface area contributed by atoms with Crippen molar-refractivity contribution >= 4 is 5.76 Å². The van der Waals surface area contributed by atoms with Crippen LogP contribution in [0.3, 0.4) is 0 Å². The highest BCUT2D eigenvalue weighted by molar-refractivity contribution is 5.61. The maximum Gasteiger partial charge on any atom is 0.132 e. The molecule has 1 N–H and O–H groups in total. The summed E-state index contributed by atoms with van der Waals surface area (Å²) in [5, 5.41) is 9.02. The van der Waals surface area contributed by atoms with Crippen molar-refractivity contribution < 1.29 is 9.84 Å². The molecule has 0 aliphatic rings. The second-order valence-electron chi connectivity index (χ2n) is 3.53. The molecule has 0 aliphatic carbocycles. The van der Waals surface area contributed by atoms with E-state index in [0.29, 0.717) is 5.76 Å². The van der Waals surface area contributed by atoms with Crippen LogP contribution in [0.25, 0.3) is 5.76 Å². The summed E-state index contributed by atoms with van der Waals surface area (Å²) >= 11 is 0. The molecule has 2 heteroatoms. The summed E-state index contributed by atoms with van der Waals surface area (Å²) in [5.41, 5.74) is 0.949. The SMILES string of the molecule is OCC=C(Oc1ccccc1)c1ccccc1. The van der Waals surface area contributed by atoms with Crippen LogP contribution in [0.4, 0.5) is 0 Å². The number of rotatable bonds is 4. The molecule has 0 unspecified atom stereocenters. The van der Waals surface area contributed by atoms with Gasteiger partial charge < -0.3 is 9.84 Å². The standard InChI is InChI=1S/C15H14O2/c16-12-11-15(13-7-3-1-4-8-13)17-14-9-5-2-6-10-14/h1-11,16H,12H2. The van der Waals surface area contributed by atoms with Crippen LogP contribution in [-0.4, -0.2) is 11.7 Å². The van der Waals surface area contributed by atoms with E-state index in [9.17, 15) is 0 Å². The van der Waals surface area contributed by atoms with Crippen LogP contribution in [0.5, 0.6) is 5.75 Å². The molecular formula is C15H14O2. The first kappa shape index (κ1) is 11.4. The van der Waals surface area contributed by atoms with Crippen molar-refractivity contribution in [3.8, 4) is 5.75 Å². The average molecular weight is 226 g/mol. The monoisotopic (exact) mass is 226 g/mol. The highest BCUT2D eigenvalue weighted by atomic mass is 16.5. The maximum atomic E-state index is 9.02. The highest BCUT2D eigenvalue weighted by Gasteiger charge is 2.02. The molecule has 2 aromatic carbocycles. The van der Waals surface area contributed by atoms with E-state index in [0.717, 1.165) is 11.3 Å². The zero-order valence-electron chi connectivity index (χ0n) is 9.41. The lowest BCUT2D eigenvalue weighted by molar-refractivity contribution is 0.340. The summed E-state index contributed by atoms with van der Waals surface area (Å²) in [5.74, 6) is 1.43. The Morgan fingerprint density at radius 2 is 1.53 bits per heavy atom. The summed E-state index contributed by atoms with van der Waals surface area (Å²) in [6.07, 6.45) is 1.66. The third-order valence-corrected chi connectivity index (χ3v) is 2.31. The van der Waals surface area contributed by atoms with Crippen LogP contribution >= 0.6 is 0 Å². The van der Waals surface area contributed by atoms with Crippen LogP contribution in [0.15, 0.2) is 66.7 Å². The molecular weight excluding hydrogens is 212 g/mol. The first-order chi connectivity index (χ1) is 8.40. The van der Waals surface area contributed by atoms with Gasteiger partial charge >= 0.3 is 0 Å². The number of hydrogen-bond acceptors (Lipinski definition) is 2. The van der Waals surface area contributed by atoms with Gasteiger partial charge in [0.2, 0.25) is 0 Å². The molecule has 0 heterocycles. The lowest BCUT2D eigenvalue weighted by atomic mass is 10.2. The van der Waals surface area contributed by atoms with E-state index in [4.69, 9.17) is 9.84 Å². The van der Waals surface area contributed by atoms with Gasteiger partial charge in [0.05, 0.1) is 6.61 Å². The molecule has 2 aromatic rings. The third kappa shape index (κ3) is 3.20. The Balaban J connectivity index is 2.23. The van der Waals surface area contributed by atoms with Crippen molar-refractivity contribution in [2.24, 2.45) is 0 Å². The molecule has 0 aromatic heterocycles. The minimum Gasteiger partial charge on any atom is -0.457 e. The summed E-state index contributed by atoms with van der Waals surface area (Å²) in [4.78, 5) is 0. The Bertz CT molecular complexity index is 475. The molecule has 0 saturated heterocycles. The first-order valence-corrected chi connectivity index (χ1v) is 5.49. The molecule has 0 radical (unpaired) electrons. The van der Waals surface area contributed by atoms with E-state index >= 15 is 0 Å². The molecule has 0 aliphatic heterocycles. The number of ether oxygens (including phenoxy) is 1. The second-order valence-corrected chi connectivity index (χ2v) is 3.53. The van der Waals surface area contributed by atoms with Gasteiger partial charge in [-0.25, -0.2) is 0 Å². The molecule has 0 bridgehead atoms. The fourth-order valence-corrected chi connectivity index (χ4v) is 1.52. The zero-order valence-corrected chi connectivity index (χ0v) is 9.41. The Kier molecular flexibility index (Phi) is 3.95. The molecule has 0 saturated carbocycles. The quantitative estimate of drug-likeness (QED) is 0.812. The predicted octanol–water partition coefficient (Wildman–Crippen LogP) is 3.10. The summed E-state index contributed by atoms with van der Waals surface area (Å²) < 4.78 is 5.74. The molecule has 2 rings (SSSR count). The molecule has 0 amide bonds. The molecule has 0 spiro atoms. The van der Waals surface area contributed by atoms with Crippen LogP contribution < -0.4 is 4.74 Å². The van der Waals surface area contributed by atoms with Gasteiger partial charge in [-0.05, 0) is 18.2 Å². The fraction of sp³-hybridized carbons (Fsp3) is 0.0667. The van der Waals surface area contributed by atoms with Crippen molar-refractivity contribution in [3.05, 3.63) is 72.3 Å². The van der Waals surface area contributed by atoms with E-state index in [-0.39, 0.29) is 6.61 Å². The van der Waals surface area contributed by atoms with Gasteiger partial charge in [-0.15, -0.1) is 0 Å². The molecule has 2 nitrogen and oxygen atoms in total. The smallest absolute Gasteiger partial charge is 0.132 e. The molecule has 17 heavy (non-hydrogen) atoms. The van der Waals surface area contributed by atoms with E-state index in [1.165, 1.54) is 0 Å². The lowest BCUT2D eigenvalue weighted by Crippen LogP contribution is -1.96. The van der Waals surface area contributed by atoms with Gasteiger partial charge in [0.15, 0.2) is 0 Å². The fourth-order valence-electron chi connectivity index (χ4n) is 1.52. The van der Waals surface area contributed by atoms with Gasteiger partial charge in [0, 0.05) is 5.56 Å². The molecule has 86 valence electrons. The Morgan fingerprint density at radius 3 is 2.12 bits per heavy atom. The van der Waals surface area contributed by atoms with Crippen LogP contribution in [0.2, 0.25) is 0 Å². The Labute approximate surface area is 101 Å². The summed E-state index contributed by atoms with van der Waals surface area (Å²) in [6.45, 7) is -0.0446. The van der Waals surface area contributed by atoms with Crippen LogP contribution in [0.1, 0.15) is 5.56 Å². The van der Waals surface area contributed by atoms with Crippen molar-refractivity contribution in [1.29, 1.82) is 0 Å². The number of benzene rings is 2. The van der Waals surface area contributed by atoms with Gasteiger partial charge in [-0.2, -0.15) is 0 Å². The largest absolute Gasteiger partial charge is 0.457 e. The minimum atomic E-state index is -0.0446. The van der Waals surface area contributed by atoms with Crippen LogP contribution in [0, 0.1) is 0 Å². The number of hydrogen-bond donors (Lipinski definition) is 1. The van der Waals surface area contributed by atoms with Gasteiger partial charge in [-0.3, -0.25) is 0 Å². The summed E-state index contributed by atoms with van der Waals surface area (Å²) in [6, 6.07) is 19.3. The number of aliphatic hydroxyl groups is 1. The van der Waals surface area contributed by atoms with Gasteiger partial charge in [-0.1, -0.05) is 48.5 Å². The Morgan fingerprint density at radius 1 is 0.941 bits per heavy atom. The van der Waals surface area contributed by atoms with E-state index in [1.54, 1.807) is 6.08 Å². The van der Waals surface area contributed by atoms with Gasteiger partial charge in [0.1, 0.15) is 11.5 Å². The van der Waals surface area contributed by atoms with E-state index in [2.05, 4.69) is 0 Å². The third-order valence-electron chi connectivity index (χ3n) is 2.31. The zero-order chi connectivity index (χ0) is 11.9. The first-order valence-electron chi connectivity index (χ1n) is 5.49. The average Bonchev–Trinajstić information content (AvgIpc) is 2.40. The van der Waals surface area contributed by atoms with Crippen molar-refractivity contribution in [1.82, 2.24) is 0 Å². The number of aliphatic hydroxyl groups excluding tert-OH is 1. The van der Waals surface area contributed by atoms with E-state index < -0.39 is 0 Å². The van der Waals surface area contributed by atoms with Gasteiger partial charge in [0.25, 0.3) is 0 Å². The Hall–Kier alpha value is -2.06. The highest BCUT2D eigenvalue weighted by Crippen LogP contribution is 2.20.